The number of hydrogen-bond donors (Lipinski definition) is 1. The third kappa shape index (κ3) is 2.72. The lowest BCUT2D eigenvalue weighted by Crippen LogP contribution is -2.42. The van der Waals surface area contributed by atoms with E-state index in [4.69, 9.17) is 5.11 Å². The summed E-state index contributed by atoms with van der Waals surface area (Å²) >= 11 is 0. The monoisotopic (exact) mass is 199 g/mol. The van der Waals surface area contributed by atoms with Crippen molar-refractivity contribution in [1.29, 1.82) is 0 Å². The molecule has 4 heteroatoms. The highest BCUT2D eigenvalue weighted by Crippen LogP contribution is 2.28. The smallest absolute Gasteiger partial charge is 0.323 e. The highest BCUT2D eigenvalue weighted by atomic mass is 16.4. The molecule has 0 atom stereocenters. The molecule has 4 nitrogen and oxygen atoms in total. The Hall–Kier alpha value is -1.06. The highest BCUT2D eigenvalue weighted by Gasteiger charge is 2.29. The Kier molecular flexibility index (Phi) is 3.92. The maximum atomic E-state index is 11.7. The van der Waals surface area contributed by atoms with E-state index in [2.05, 4.69) is 0 Å². The number of amides is 1. The van der Waals surface area contributed by atoms with Gasteiger partial charge in [0, 0.05) is 12.5 Å². The molecule has 0 spiro atoms. The van der Waals surface area contributed by atoms with Crippen molar-refractivity contribution >= 4 is 11.9 Å². The van der Waals surface area contributed by atoms with Crippen LogP contribution in [0.3, 0.4) is 0 Å². The van der Waals surface area contributed by atoms with Gasteiger partial charge in [0.2, 0.25) is 5.91 Å². The highest BCUT2D eigenvalue weighted by molar-refractivity contribution is 5.83. The van der Waals surface area contributed by atoms with Gasteiger partial charge in [0.15, 0.2) is 0 Å². The average molecular weight is 199 g/mol. The minimum atomic E-state index is -0.925. The summed E-state index contributed by atoms with van der Waals surface area (Å²) in [5.74, 6) is -0.799. The van der Waals surface area contributed by atoms with Gasteiger partial charge in [-0.2, -0.15) is 0 Å². The van der Waals surface area contributed by atoms with Gasteiger partial charge in [-0.25, -0.2) is 0 Å². The summed E-state index contributed by atoms with van der Waals surface area (Å²) in [6, 6.07) is 0. The van der Waals surface area contributed by atoms with Crippen molar-refractivity contribution in [2.24, 2.45) is 5.92 Å². The molecule has 1 fully saturated rings. The van der Waals surface area contributed by atoms with Crippen molar-refractivity contribution in [3.05, 3.63) is 0 Å². The second kappa shape index (κ2) is 4.98. The van der Waals surface area contributed by atoms with E-state index in [1.807, 2.05) is 6.92 Å². The molecule has 0 aromatic heterocycles. The molecule has 1 amide bonds. The quantitative estimate of drug-likeness (QED) is 0.721. The van der Waals surface area contributed by atoms with E-state index in [1.165, 1.54) is 4.90 Å². The van der Waals surface area contributed by atoms with Gasteiger partial charge in [-0.1, -0.05) is 13.3 Å². The maximum Gasteiger partial charge on any atom is 0.323 e. The van der Waals surface area contributed by atoms with Crippen molar-refractivity contribution in [3.8, 4) is 0 Å². The van der Waals surface area contributed by atoms with Crippen LogP contribution in [-0.4, -0.2) is 35.0 Å². The van der Waals surface area contributed by atoms with Crippen LogP contribution in [-0.2, 0) is 9.59 Å². The van der Waals surface area contributed by atoms with E-state index in [1.54, 1.807) is 0 Å². The molecule has 0 aromatic rings. The Morgan fingerprint density at radius 1 is 1.43 bits per heavy atom. The Morgan fingerprint density at radius 3 is 2.43 bits per heavy atom. The third-order valence-electron chi connectivity index (χ3n) is 2.59. The van der Waals surface area contributed by atoms with Gasteiger partial charge in [-0.3, -0.25) is 9.59 Å². The molecule has 80 valence electrons. The van der Waals surface area contributed by atoms with E-state index in [-0.39, 0.29) is 18.4 Å². The second-order valence-electron chi connectivity index (χ2n) is 3.78. The summed E-state index contributed by atoms with van der Waals surface area (Å²) < 4.78 is 0. The first-order chi connectivity index (χ1) is 6.65. The van der Waals surface area contributed by atoms with E-state index < -0.39 is 5.97 Å². The van der Waals surface area contributed by atoms with Gasteiger partial charge in [-0.05, 0) is 19.3 Å². The van der Waals surface area contributed by atoms with Gasteiger partial charge in [-0.15, -0.1) is 0 Å². The zero-order valence-corrected chi connectivity index (χ0v) is 8.53. The molecule has 0 aromatic carbocycles. The predicted octanol–water partition coefficient (Wildman–Crippen LogP) is 1.11. The molecule has 1 aliphatic rings. The standard InChI is InChI=1S/C10H17NO3/c1-2-6-11(7-9(12)13)10(14)8-4-3-5-8/h8H,2-7H2,1H3,(H,12,13). The van der Waals surface area contributed by atoms with Crippen molar-refractivity contribution in [2.75, 3.05) is 13.1 Å². The first-order valence-electron chi connectivity index (χ1n) is 5.15. The van der Waals surface area contributed by atoms with Crippen LogP contribution >= 0.6 is 0 Å². The minimum absolute atomic E-state index is 0.0282. The van der Waals surface area contributed by atoms with Gasteiger partial charge >= 0.3 is 5.97 Å². The fourth-order valence-electron chi connectivity index (χ4n) is 1.61. The van der Waals surface area contributed by atoms with E-state index >= 15 is 0 Å². The summed E-state index contributed by atoms with van der Waals surface area (Å²) in [6.07, 6.45) is 3.77. The third-order valence-corrected chi connectivity index (χ3v) is 2.59. The molecule has 14 heavy (non-hydrogen) atoms. The number of carboxylic acids is 1. The van der Waals surface area contributed by atoms with Crippen LogP contribution in [0.15, 0.2) is 0 Å². The van der Waals surface area contributed by atoms with Crippen LogP contribution in [0.2, 0.25) is 0 Å². The lowest BCUT2D eigenvalue weighted by molar-refractivity contribution is -0.147. The topological polar surface area (TPSA) is 57.6 Å². The molecule has 1 aliphatic carbocycles. The molecular formula is C10H17NO3. The number of carboxylic acid groups (broad SMARTS) is 1. The van der Waals surface area contributed by atoms with Gasteiger partial charge in [0.1, 0.15) is 6.54 Å². The Bertz CT molecular complexity index is 223. The van der Waals surface area contributed by atoms with Crippen LogP contribution < -0.4 is 0 Å². The van der Waals surface area contributed by atoms with Crippen LogP contribution in [0.25, 0.3) is 0 Å². The maximum absolute atomic E-state index is 11.7. The molecule has 0 unspecified atom stereocenters. The predicted molar refractivity (Wildman–Crippen MR) is 51.8 cm³/mol. The molecule has 0 heterocycles. The number of carbonyl (C=O) groups excluding carboxylic acids is 1. The Morgan fingerprint density at radius 2 is 2.07 bits per heavy atom. The van der Waals surface area contributed by atoms with Crippen LogP contribution in [0, 0.1) is 5.92 Å². The number of hydrogen-bond acceptors (Lipinski definition) is 2. The van der Waals surface area contributed by atoms with Gasteiger partial charge in [0.25, 0.3) is 0 Å². The van der Waals surface area contributed by atoms with E-state index in [0.29, 0.717) is 6.54 Å². The minimum Gasteiger partial charge on any atom is -0.480 e. The molecule has 0 bridgehead atoms. The summed E-state index contributed by atoms with van der Waals surface area (Å²) in [4.78, 5) is 23.7. The number of aliphatic carboxylic acids is 1. The normalized spacial score (nSPS) is 16.1. The fourth-order valence-corrected chi connectivity index (χ4v) is 1.61. The first kappa shape index (κ1) is 11.0. The van der Waals surface area contributed by atoms with Crippen LogP contribution in [0.5, 0.6) is 0 Å². The van der Waals surface area contributed by atoms with Gasteiger partial charge in [0.05, 0.1) is 0 Å². The van der Waals surface area contributed by atoms with Crippen molar-refractivity contribution < 1.29 is 14.7 Å². The summed E-state index contributed by atoms with van der Waals surface area (Å²) in [5.41, 5.74) is 0. The molecule has 1 N–H and O–H groups in total. The van der Waals surface area contributed by atoms with Crippen LogP contribution in [0.4, 0.5) is 0 Å². The summed E-state index contributed by atoms with van der Waals surface area (Å²) in [6.45, 7) is 2.35. The lowest BCUT2D eigenvalue weighted by Gasteiger charge is -2.30. The Balaban J connectivity index is 2.46. The van der Waals surface area contributed by atoms with Crippen molar-refractivity contribution in [3.63, 3.8) is 0 Å². The Labute approximate surface area is 83.9 Å². The zero-order valence-electron chi connectivity index (χ0n) is 8.53. The van der Waals surface area contributed by atoms with Crippen molar-refractivity contribution in [1.82, 2.24) is 4.90 Å². The molecule has 0 radical (unpaired) electrons. The van der Waals surface area contributed by atoms with Gasteiger partial charge < -0.3 is 10.0 Å². The SMILES string of the molecule is CCCN(CC(=O)O)C(=O)C1CCC1. The summed E-state index contributed by atoms with van der Waals surface area (Å²) in [7, 11) is 0. The van der Waals surface area contributed by atoms with E-state index in [9.17, 15) is 9.59 Å². The first-order valence-corrected chi connectivity index (χ1v) is 5.15. The molecular weight excluding hydrogens is 182 g/mol. The van der Waals surface area contributed by atoms with E-state index in [0.717, 1.165) is 25.7 Å². The number of rotatable bonds is 5. The fraction of sp³-hybridized carbons (Fsp3) is 0.800. The number of carbonyl (C=O) groups is 2. The zero-order chi connectivity index (χ0) is 10.6. The largest absolute Gasteiger partial charge is 0.480 e. The molecule has 1 rings (SSSR count). The van der Waals surface area contributed by atoms with Crippen molar-refractivity contribution in [2.45, 2.75) is 32.6 Å². The lowest BCUT2D eigenvalue weighted by atomic mass is 9.84. The average Bonchev–Trinajstić information content (AvgIpc) is 1.99. The number of nitrogens with zero attached hydrogens (tertiary/aromatic N) is 1. The molecule has 0 aliphatic heterocycles. The summed E-state index contributed by atoms with van der Waals surface area (Å²) in [5, 5.41) is 8.64. The molecule has 0 saturated heterocycles. The second-order valence-corrected chi connectivity index (χ2v) is 3.78. The molecule has 1 saturated carbocycles. The van der Waals surface area contributed by atoms with Crippen LogP contribution in [0.1, 0.15) is 32.6 Å².